The van der Waals surface area contributed by atoms with E-state index in [0.29, 0.717) is 31.2 Å². The van der Waals surface area contributed by atoms with Gasteiger partial charge < -0.3 is 29.6 Å². The number of carboxylic acids is 1. The standard InChI is InChI=1S/C28H33N5O8/c1-2-40-28(38)41-33-14-12-32(13-15-33)27(37)21(8-9-24(34)35)31-26(36)23-18-22(19-10-16-39-17-11-19)29-25(30-23)20-6-4-3-5-7-20/h3-7,10,18,21H,2,8-9,11-17H2,1H3,(H,31,36)(H,34,35)/t21-/m0/s1. The van der Waals surface area contributed by atoms with Crippen LogP contribution in [0, 0.1) is 0 Å². The number of nitrogens with zero attached hydrogens (tertiary/aromatic N) is 4. The Labute approximate surface area is 237 Å². The highest BCUT2D eigenvalue weighted by atomic mass is 16.8. The van der Waals surface area contributed by atoms with Gasteiger partial charge in [-0.2, -0.15) is 0 Å². The summed E-state index contributed by atoms with van der Waals surface area (Å²) in [6, 6.07) is 9.70. The molecule has 0 unspecified atom stereocenters. The van der Waals surface area contributed by atoms with Crippen LogP contribution in [0.2, 0.25) is 0 Å². The molecule has 0 radical (unpaired) electrons. The molecule has 0 saturated carbocycles. The molecule has 2 amide bonds. The first-order valence-corrected chi connectivity index (χ1v) is 13.5. The van der Waals surface area contributed by atoms with Crippen molar-refractivity contribution in [1.82, 2.24) is 25.2 Å². The first-order chi connectivity index (χ1) is 19.8. The van der Waals surface area contributed by atoms with Gasteiger partial charge in [0.1, 0.15) is 11.7 Å². The van der Waals surface area contributed by atoms with Crippen molar-refractivity contribution in [3.05, 3.63) is 53.9 Å². The zero-order chi connectivity index (χ0) is 29.2. The molecule has 2 aliphatic heterocycles. The van der Waals surface area contributed by atoms with Gasteiger partial charge in [-0.3, -0.25) is 14.4 Å². The fourth-order valence-electron chi connectivity index (χ4n) is 4.43. The molecule has 0 bridgehead atoms. The van der Waals surface area contributed by atoms with E-state index in [1.165, 1.54) is 9.96 Å². The van der Waals surface area contributed by atoms with E-state index < -0.39 is 30.0 Å². The molecule has 13 heteroatoms. The molecule has 41 heavy (non-hydrogen) atoms. The second kappa shape index (κ2) is 14.3. The molecule has 2 N–H and O–H groups in total. The van der Waals surface area contributed by atoms with E-state index in [-0.39, 0.29) is 51.3 Å². The molecule has 1 atom stereocenters. The largest absolute Gasteiger partial charge is 0.527 e. The van der Waals surface area contributed by atoms with Crippen molar-refractivity contribution in [3.63, 3.8) is 0 Å². The van der Waals surface area contributed by atoms with Gasteiger partial charge in [-0.25, -0.2) is 14.8 Å². The van der Waals surface area contributed by atoms with Crippen LogP contribution in [0.4, 0.5) is 4.79 Å². The monoisotopic (exact) mass is 567 g/mol. The molecule has 13 nitrogen and oxygen atoms in total. The highest BCUT2D eigenvalue weighted by molar-refractivity contribution is 5.97. The number of piperazine rings is 1. The van der Waals surface area contributed by atoms with Gasteiger partial charge in [-0.05, 0) is 31.4 Å². The van der Waals surface area contributed by atoms with E-state index in [1.807, 2.05) is 36.4 Å². The topological polar surface area (TPSA) is 160 Å². The van der Waals surface area contributed by atoms with Crippen molar-refractivity contribution >= 4 is 29.5 Å². The first-order valence-electron chi connectivity index (χ1n) is 13.5. The lowest BCUT2D eigenvalue weighted by Crippen LogP contribution is -2.55. The lowest BCUT2D eigenvalue weighted by Gasteiger charge is -2.35. The van der Waals surface area contributed by atoms with Gasteiger partial charge in [0.25, 0.3) is 5.91 Å². The highest BCUT2D eigenvalue weighted by Gasteiger charge is 2.31. The number of hydroxylamine groups is 2. The lowest BCUT2D eigenvalue weighted by molar-refractivity contribution is -0.157. The second-order valence-corrected chi connectivity index (χ2v) is 9.37. The van der Waals surface area contributed by atoms with Gasteiger partial charge in [0, 0.05) is 25.1 Å². The van der Waals surface area contributed by atoms with Crippen molar-refractivity contribution < 1.29 is 38.6 Å². The number of carboxylic acid groups (broad SMARTS) is 1. The van der Waals surface area contributed by atoms with Crippen molar-refractivity contribution in [2.24, 2.45) is 0 Å². The van der Waals surface area contributed by atoms with E-state index in [9.17, 15) is 24.3 Å². The van der Waals surface area contributed by atoms with Gasteiger partial charge in [-0.15, -0.1) is 5.06 Å². The van der Waals surface area contributed by atoms with Gasteiger partial charge in [0.2, 0.25) is 5.91 Å². The maximum Gasteiger partial charge on any atom is 0.527 e. The van der Waals surface area contributed by atoms with E-state index in [4.69, 9.17) is 14.3 Å². The minimum atomic E-state index is -1.10. The van der Waals surface area contributed by atoms with E-state index in [0.717, 1.165) is 11.1 Å². The summed E-state index contributed by atoms with van der Waals surface area (Å²) in [7, 11) is 0. The summed E-state index contributed by atoms with van der Waals surface area (Å²) in [6.07, 6.45) is 1.28. The van der Waals surface area contributed by atoms with Crippen molar-refractivity contribution in [2.45, 2.75) is 32.2 Å². The van der Waals surface area contributed by atoms with Crippen molar-refractivity contribution in [3.8, 4) is 11.4 Å². The summed E-state index contributed by atoms with van der Waals surface area (Å²) in [5, 5.41) is 13.4. The third kappa shape index (κ3) is 8.32. The number of carbonyl (C=O) groups excluding carboxylic acids is 3. The number of benzene rings is 1. The Morgan fingerprint density at radius 1 is 1.10 bits per heavy atom. The molecule has 1 saturated heterocycles. The maximum atomic E-state index is 13.5. The average Bonchev–Trinajstić information content (AvgIpc) is 3.00. The number of carbonyl (C=O) groups is 4. The van der Waals surface area contributed by atoms with Crippen LogP contribution in [-0.4, -0.2) is 101 Å². The highest BCUT2D eigenvalue weighted by Crippen LogP contribution is 2.24. The Kier molecular flexibility index (Phi) is 10.3. The second-order valence-electron chi connectivity index (χ2n) is 9.37. The Bertz CT molecular complexity index is 1280. The van der Waals surface area contributed by atoms with Crippen LogP contribution >= 0.6 is 0 Å². The van der Waals surface area contributed by atoms with Crippen LogP contribution in [0.1, 0.15) is 42.4 Å². The van der Waals surface area contributed by atoms with Crippen LogP contribution in [0.5, 0.6) is 0 Å². The van der Waals surface area contributed by atoms with Crippen LogP contribution in [-0.2, 0) is 23.9 Å². The number of hydrogen-bond donors (Lipinski definition) is 2. The minimum Gasteiger partial charge on any atom is -0.481 e. The number of ether oxygens (including phenoxy) is 2. The molecule has 1 aromatic heterocycles. The quantitative estimate of drug-likeness (QED) is 0.405. The average molecular weight is 568 g/mol. The molecule has 0 spiro atoms. The van der Waals surface area contributed by atoms with Gasteiger partial charge in [-0.1, -0.05) is 36.4 Å². The molecule has 2 aliphatic rings. The minimum absolute atomic E-state index is 0.0574. The predicted molar refractivity (Wildman–Crippen MR) is 145 cm³/mol. The third-order valence-corrected chi connectivity index (χ3v) is 6.55. The first kappa shape index (κ1) is 29.6. The van der Waals surface area contributed by atoms with Crippen LogP contribution < -0.4 is 5.32 Å². The van der Waals surface area contributed by atoms with Crippen LogP contribution in [0.25, 0.3) is 17.0 Å². The summed E-state index contributed by atoms with van der Waals surface area (Å²) >= 11 is 0. The van der Waals surface area contributed by atoms with E-state index >= 15 is 0 Å². The van der Waals surface area contributed by atoms with E-state index in [2.05, 4.69) is 15.3 Å². The summed E-state index contributed by atoms with van der Waals surface area (Å²) in [5.74, 6) is -1.79. The lowest BCUT2D eigenvalue weighted by atomic mass is 10.1. The molecular weight excluding hydrogens is 534 g/mol. The number of rotatable bonds is 10. The van der Waals surface area contributed by atoms with Crippen LogP contribution in [0.3, 0.4) is 0 Å². The van der Waals surface area contributed by atoms with Crippen molar-refractivity contribution in [2.75, 3.05) is 46.0 Å². The molecular formula is C28H33N5O8. The molecule has 2 aromatic rings. The maximum absolute atomic E-state index is 13.5. The summed E-state index contributed by atoms with van der Waals surface area (Å²) in [6.45, 7) is 3.70. The fourth-order valence-corrected chi connectivity index (χ4v) is 4.43. The Balaban J connectivity index is 1.52. The smallest absolute Gasteiger partial charge is 0.481 e. The molecule has 3 heterocycles. The predicted octanol–water partition coefficient (Wildman–Crippen LogP) is 2.14. The van der Waals surface area contributed by atoms with Crippen LogP contribution in [0.15, 0.2) is 42.5 Å². The summed E-state index contributed by atoms with van der Waals surface area (Å²) < 4.78 is 10.2. The molecule has 218 valence electrons. The SMILES string of the molecule is CCOC(=O)ON1CCN(C(=O)[C@H](CCC(=O)O)NC(=O)c2cc(C3=CCOCC3)nc(-c3ccccc3)n2)CC1. The fraction of sp³-hybridized carbons (Fsp3) is 0.429. The molecule has 1 aromatic carbocycles. The Hall–Kier alpha value is -4.36. The number of hydrogen-bond acceptors (Lipinski definition) is 10. The normalized spacial score (nSPS) is 16.3. The summed E-state index contributed by atoms with van der Waals surface area (Å²) in [5.41, 5.74) is 2.28. The molecule has 0 aliphatic carbocycles. The number of aliphatic carboxylic acids is 1. The third-order valence-electron chi connectivity index (χ3n) is 6.55. The zero-order valence-corrected chi connectivity index (χ0v) is 22.8. The van der Waals surface area contributed by atoms with Gasteiger partial charge >= 0.3 is 12.1 Å². The van der Waals surface area contributed by atoms with Gasteiger partial charge in [0.15, 0.2) is 5.82 Å². The number of amides is 2. The molecule has 1 fully saturated rings. The van der Waals surface area contributed by atoms with Crippen molar-refractivity contribution in [1.29, 1.82) is 0 Å². The van der Waals surface area contributed by atoms with E-state index in [1.54, 1.807) is 13.0 Å². The Morgan fingerprint density at radius 3 is 2.51 bits per heavy atom. The summed E-state index contributed by atoms with van der Waals surface area (Å²) in [4.78, 5) is 65.6. The number of aromatic nitrogens is 2. The molecule has 4 rings (SSSR count). The Morgan fingerprint density at radius 2 is 1.85 bits per heavy atom. The number of nitrogens with one attached hydrogen (secondary N) is 1. The van der Waals surface area contributed by atoms with Gasteiger partial charge in [0.05, 0.1) is 38.6 Å². The zero-order valence-electron chi connectivity index (χ0n) is 22.8.